The molecule has 0 bridgehead atoms. The predicted octanol–water partition coefficient (Wildman–Crippen LogP) is 4.02. The van der Waals surface area contributed by atoms with Crippen molar-refractivity contribution < 1.29 is 0 Å². The Hall–Kier alpha value is -1.91. The van der Waals surface area contributed by atoms with Crippen LogP contribution < -0.4 is 4.87 Å². The number of fused-ring (bicyclic) bond motifs is 1. The maximum absolute atomic E-state index is 12.2. The zero-order valence-corrected chi connectivity index (χ0v) is 15.3. The molecule has 0 radical (unpaired) electrons. The Morgan fingerprint density at radius 3 is 2.44 bits per heavy atom. The standard InChI is InChI=1S/C21H24N2OS/c24-21-23(19-8-4-5-9-20(19)25-21)15-14-22-12-10-18(11-13-22)16-17-6-2-1-3-7-17/h1-9,18H,10-16H2. The Labute approximate surface area is 152 Å². The molecule has 4 heteroatoms. The van der Waals surface area contributed by atoms with Gasteiger partial charge in [0.15, 0.2) is 0 Å². The van der Waals surface area contributed by atoms with Crippen molar-refractivity contribution in [1.82, 2.24) is 9.47 Å². The average Bonchev–Trinajstić information content (AvgIpc) is 2.97. The van der Waals surface area contributed by atoms with Crippen molar-refractivity contribution in [2.24, 2.45) is 5.92 Å². The lowest BCUT2D eigenvalue weighted by Crippen LogP contribution is -2.37. The normalized spacial score (nSPS) is 16.5. The van der Waals surface area contributed by atoms with Gasteiger partial charge >= 0.3 is 4.87 Å². The molecule has 3 nitrogen and oxygen atoms in total. The Bertz CT molecular complexity index is 876. The first-order valence-electron chi connectivity index (χ1n) is 9.14. The molecule has 0 N–H and O–H groups in total. The Morgan fingerprint density at radius 2 is 1.64 bits per heavy atom. The summed E-state index contributed by atoms with van der Waals surface area (Å²) in [5, 5.41) is 0. The van der Waals surface area contributed by atoms with E-state index in [0.29, 0.717) is 0 Å². The van der Waals surface area contributed by atoms with Gasteiger partial charge in [-0.3, -0.25) is 9.36 Å². The van der Waals surface area contributed by atoms with Gasteiger partial charge in [-0.25, -0.2) is 0 Å². The Kier molecular flexibility index (Phi) is 4.99. The molecule has 2 heterocycles. The van der Waals surface area contributed by atoms with Gasteiger partial charge in [-0.1, -0.05) is 53.8 Å². The molecule has 1 fully saturated rings. The molecule has 1 aliphatic rings. The van der Waals surface area contributed by atoms with Crippen molar-refractivity contribution in [3.8, 4) is 0 Å². The first kappa shape index (κ1) is 16.6. The summed E-state index contributed by atoms with van der Waals surface area (Å²) in [6.45, 7) is 4.06. The van der Waals surface area contributed by atoms with E-state index in [0.717, 1.165) is 42.3 Å². The highest BCUT2D eigenvalue weighted by atomic mass is 32.1. The van der Waals surface area contributed by atoms with Crippen LogP contribution >= 0.6 is 11.3 Å². The van der Waals surface area contributed by atoms with Crippen molar-refractivity contribution in [3.05, 3.63) is 69.8 Å². The van der Waals surface area contributed by atoms with Gasteiger partial charge in [-0.05, 0) is 56.0 Å². The van der Waals surface area contributed by atoms with Gasteiger partial charge < -0.3 is 4.90 Å². The van der Waals surface area contributed by atoms with Crippen LogP contribution in [0, 0.1) is 5.92 Å². The molecule has 0 atom stereocenters. The monoisotopic (exact) mass is 352 g/mol. The Balaban J connectivity index is 1.31. The molecule has 0 saturated carbocycles. The second kappa shape index (κ2) is 7.54. The van der Waals surface area contributed by atoms with Crippen LogP contribution in [0.5, 0.6) is 0 Å². The fourth-order valence-electron chi connectivity index (χ4n) is 3.83. The van der Waals surface area contributed by atoms with Gasteiger partial charge in [0.25, 0.3) is 0 Å². The van der Waals surface area contributed by atoms with Gasteiger partial charge in [-0.2, -0.15) is 0 Å². The number of benzene rings is 2. The van der Waals surface area contributed by atoms with Crippen molar-refractivity contribution in [3.63, 3.8) is 0 Å². The molecule has 1 aromatic heterocycles. The molecule has 0 spiro atoms. The van der Waals surface area contributed by atoms with Crippen LogP contribution in [0.2, 0.25) is 0 Å². The quantitative estimate of drug-likeness (QED) is 0.693. The largest absolute Gasteiger partial charge is 0.308 e. The molecule has 1 saturated heterocycles. The van der Waals surface area contributed by atoms with Crippen LogP contribution in [0.4, 0.5) is 0 Å². The number of nitrogens with zero attached hydrogens (tertiary/aromatic N) is 2. The van der Waals surface area contributed by atoms with Crippen molar-refractivity contribution in [2.75, 3.05) is 19.6 Å². The van der Waals surface area contributed by atoms with E-state index >= 15 is 0 Å². The van der Waals surface area contributed by atoms with E-state index < -0.39 is 0 Å². The molecule has 3 aromatic rings. The first-order chi connectivity index (χ1) is 12.3. The molecule has 1 aliphatic heterocycles. The third kappa shape index (κ3) is 3.86. The van der Waals surface area contributed by atoms with Gasteiger partial charge in [0, 0.05) is 13.1 Å². The fourth-order valence-corrected chi connectivity index (χ4v) is 4.75. The summed E-state index contributed by atoms with van der Waals surface area (Å²) in [7, 11) is 0. The lowest BCUT2D eigenvalue weighted by molar-refractivity contribution is 0.179. The van der Waals surface area contributed by atoms with Crippen LogP contribution in [0.3, 0.4) is 0 Å². The minimum absolute atomic E-state index is 0.167. The summed E-state index contributed by atoms with van der Waals surface area (Å²) in [4.78, 5) is 14.9. The summed E-state index contributed by atoms with van der Waals surface area (Å²) in [5.74, 6) is 0.795. The number of hydrogen-bond acceptors (Lipinski definition) is 3. The van der Waals surface area contributed by atoms with Crippen LogP contribution in [0.1, 0.15) is 18.4 Å². The highest BCUT2D eigenvalue weighted by Crippen LogP contribution is 2.22. The van der Waals surface area contributed by atoms with Crippen LogP contribution in [0.15, 0.2) is 59.4 Å². The molecule has 4 rings (SSSR count). The topological polar surface area (TPSA) is 25.2 Å². The highest BCUT2D eigenvalue weighted by Gasteiger charge is 2.19. The number of thiazole rings is 1. The second-order valence-corrected chi connectivity index (χ2v) is 7.96. The number of para-hydroxylation sites is 1. The lowest BCUT2D eigenvalue weighted by Gasteiger charge is -2.32. The SMILES string of the molecule is O=c1sc2ccccc2n1CCN1CCC(Cc2ccccc2)CC1. The summed E-state index contributed by atoms with van der Waals surface area (Å²) < 4.78 is 3.03. The maximum Gasteiger partial charge on any atom is 0.308 e. The zero-order chi connectivity index (χ0) is 17.1. The van der Waals surface area contributed by atoms with Gasteiger partial charge in [0.05, 0.1) is 10.2 Å². The molecule has 25 heavy (non-hydrogen) atoms. The number of piperidine rings is 1. The van der Waals surface area contributed by atoms with E-state index in [1.54, 1.807) is 0 Å². The second-order valence-electron chi connectivity index (χ2n) is 6.96. The smallest absolute Gasteiger partial charge is 0.302 e. The van der Waals surface area contributed by atoms with Gasteiger partial charge in [0.2, 0.25) is 0 Å². The fraction of sp³-hybridized carbons (Fsp3) is 0.381. The molecule has 0 unspecified atom stereocenters. The van der Waals surface area contributed by atoms with Crippen molar-refractivity contribution in [2.45, 2.75) is 25.8 Å². The molecule has 2 aromatic carbocycles. The Morgan fingerprint density at radius 1 is 0.920 bits per heavy atom. The van der Waals surface area contributed by atoms with Gasteiger partial charge in [-0.15, -0.1) is 0 Å². The van der Waals surface area contributed by atoms with E-state index in [2.05, 4.69) is 41.3 Å². The minimum Gasteiger partial charge on any atom is -0.302 e. The first-order valence-corrected chi connectivity index (χ1v) is 9.96. The summed E-state index contributed by atoms with van der Waals surface area (Å²) in [6.07, 6.45) is 3.71. The number of hydrogen-bond donors (Lipinski definition) is 0. The molecule has 0 amide bonds. The van der Waals surface area contributed by atoms with E-state index in [-0.39, 0.29) is 4.87 Å². The van der Waals surface area contributed by atoms with Crippen LogP contribution in [-0.2, 0) is 13.0 Å². The van der Waals surface area contributed by atoms with E-state index in [9.17, 15) is 4.79 Å². The molecule has 130 valence electrons. The zero-order valence-electron chi connectivity index (χ0n) is 14.4. The average molecular weight is 353 g/mol. The van der Waals surface area contributed by atoms with Crippen molar-refractivity contribution >= 4 is 21.6 Å². The number of aromatic nitrogens is 1. The van der Waals surface area contributed by atoms with Gasteiger partial charge in [0.1, 0.15) is 0 Å². The van der Waals surface area contributed by atoms with E-state index in [1.165, 1.54) is 36.2 Å². The van der Waals surface area contributed by atoms with Crippen LogP contribution in [0.25, 0.3) is 10.2 Å². The number of rotatable bonds is 5. The number of likely N-dealkylation sites (tertiary alicyclic amines) is 1. The molecular formula is C21H24N2OS. The van der Waals surface area contributed by atoms with Crippen LogP contribution in [-0.4, -0.2) is 29.1 Å². The predicted molar refractivity (Wildman–Crippen MR) is 105 cm³/mol. The lowest BCUT2D eigenvalue weighted by atomic mass is 9.90. The summed E-state index contributed by atoms with van der Waals surface area (Å²) in [6, 6.07) is 18.9. The van der Waals surface area contributed by atoms with Crippen molar-refractivity contribution in [1.29, 1.82) is 0 Å². The summed E-state index contributed by atoms with van der Waals surface area (Å²) >= 11 is 1.36. The minimum atomic E-state index is 0.167. The van der Waals surface area contributed by atoms with E-state index in [1.807, 2.05) is 22.8 Å². The highest BCUT2D eigenvalue weighted by molar-refractivity contribution is 7.16. The molecule has 0 aliphatic carbocycles. The third-order valence-electron chi connectivity index (χ3n) is 5.29. The summed E-state index contributed by atoms with van der Waals surface area (Å²) in [5.41, 5.74) is 2.54. The molecular weight excluding hydrogens is 328 g/mol. The van der Waals surface area contributed by atoms with E-state index in [4.69, 9.17) is 0 Å². The third-order valence-corrected chi connectivity index (χ3v) is 6.25. The maximum atomic E-state index is 12.2.